The van der Waals surface area contributed by atoms with Crippen molar-refractivity contribution < 1.29 is 9.66 Å². The molecule has 1 saturated carbocycles. The van der Waals surface area contributed by atoms with E-state index in [0.29, 0.717) is 17.4 Å². The number of pyridine rings is 1. The number of hydrogen-bond donors (Lipinski definition) is 1. The summed E-state index contributed by atoms with van der Waals surface area (Å²) in [4.78, 5) is 15.5. The lowest BCUT2D eigenvalue weighted by molar-refractivity contribution is -0.389. The van der Waals surface area contributed by atoms with Gasteiger partial charge in [-0.05, 0) is 17.4 Å². The van der Waals surface area contributed by atoms with Crippen molar-refractivity contribution in [1.82, 2.24) is 9.38 Å². The Hall–Kier alpha value is -2.15. The Kier molecular flexibility index (Phi) is 2.72. The second-order valence-electron chi connectivity index (χ2n) is 6.66. The van der Waals surface area contributed by atoms with Crippen LogP contribution in [0.4, 0.5) is 11.6 Å². The summed E-state index contributed by atoms with van der Waals surface area (Å²) in [6, 6.07) is 5.50. The molecule has 3 heterocycles. The third-order valence-corrected chi connectivity index (χ3v) is 5.07. The van der Waals surface area contributed by atoms with Crippen LogP contribution >= 0.6 is 0 Å². The normalized spacial score (nSPS) is 29.1. The molecule has 116 valence electrons. The van der Waals surface area contributed by atoms with Crippen molar-refractivity contribution in [2.75, 3.05) is 11.9 Å². The molecule has 1 aliphatic heterocycles. The van der Waals surface area contributed by atoms with E-state index in [-0.39, 0.29) is 28.3 Å². The molecule has 2 fully saturated rings. The van der Waals surface area contributed by atoms with Crippen molar-refractivity contribution in [3.63, 3.8) is 0 Å². The fourth-order valence-corrected chi connectivity index (χ4v) is 4.02. The van der Waals surface area contributed by atoms with E-state index in [2.05, 4.69) is 24.1 Å². The molecular formula is C15H18N4O3. The molecule has 0 unspecified atom stereocenters. The van der Waals surface area contributed by atoms with Gasteiger partial charge in [0.05, 0.1) is 12.3 Å². The summed E-state index contributed by atoms with van der Waals surface area (Å²) >= 11 is 0. The Bertz CT molecular complexity index is 754. The van der Waals surface area contributed by atoms with Gasteiger partial charge in [-0.3, -0.25) is 0 Å². The van der Waals surface area contributed by atoms with E-state index in [1.807, 2.05) is 6.07 Å². The fraction of sp³-hybridized carbons (Fsp3) is 0.533. The number of nitrogens with one attached hydrogen (secondary N) is 1. The number of nitrogens with zero attached hydrogens (tertiary/aromatic N) is 3. The maximum atomic E-state index is 11.5. The van der Waals surface area contributed by atoms with Crippen molar-refractivity contribution in [3.8, 4) is 0 Å². The minimum Gasteiger partial charge on any atom is -0.377 e. The smallest absolute Gasteiger partial charge is 0.372 e. The van der Waals surface area contributed by atoms with Crippen LogP contribution in [0, 0.1) is 21.4 Å². The van der Waals surface area contributed by atoms with Gasteiger partial charge < -0.3 is 20.2 Å². The Labute approximate surface area is 127 Å². The molecule has 1 aliphatic carbocycles. The summed E-state index contributed by atoms with van der Waals surface area (Å²) in [5.41, 5.74) is 0.526. The quantitative estimate of drug-likeness (QED) is 0.695. The van der Waals surface area contributed by atoms with Gasteiger partial charge in [-0.25, -0.2) is 0 Å². The summed E-state index contributed by atoms with van der Waals surface area (Å²) in [6.07, 6.45) is 2.90. The van der Waals surface area contributed by atoms with Crippen LogP contribution in [0.5, 0.6) is 0 Å². The van der Waals surface area contributed by atoms with Gasteiger partial charge in [0.25, 0.3) is 0 Å². The summed E-state index contributed by atoms with van der Waals surface area (Å²) in [6.45, 7) is 5.04. The Balaban J connectivity index is 1.73. The number of nitro groups is 1. The highest BCUT2D eigenvalue weighted by atomic mass is 16.6. The third kappa shape index (κ3) is 1.68. The predicted octanol–water partition coefficient (Wildman–Crippen LogP) is 2.47. The number of hydrogen-bond acceptors (Lipinski definition) is 5. The van der Waals surface area contributed by atoms with Crippen LogP contribution in [0.1, 0.15) is 20.3 Å². The monoisotopic (exact) mass is 302 g/mol. The molecule has 0 spiro atoms. The van der Waals surface area contributed by atoms with Crippen molar-refractivity contribution in [1.29, 1.82) is 0 Å². The van der Waals surface area contributed by atoms with Crippen LogP contribution in [0.15, 0.2) is 24.4 Å². The number of aromatic nitrogens is 2. The highest BCUT2D eigenvalue weighted by Gasteiger charge is 2.59. The molecule has 7 heteroatoms. The van der Waals surface area contributed by atoms with E-state index in [9.17, 15) is 10.1 Å². The number of fused-ring (bicyclic) bond motifs is 2. The average Bonchev–Trinajstić information content (AvgIpc) is 3.07. The van der Waals surface area contributed by atoms with E-state index in [0.717, 1.165) is 13.0 Å². The van der Waals surface area contributed by atoms with Gasteiger partial charge in [-0.1, -0.05) is 19.9 Å². The largest absolute Gasteiger partial charge is 0.377 e. The van der Waals surface area contributed by atoms with Gasteiger partial charge in [-0.15, -0.1) is 0 Å². The molecule has 0 bridgehead atoms. The first-order valence-corrected chi connectivity index (χ1v) is 7.50. The maximum Gasteiger partial charge on any atom is 0.372 e. The lowest BCUT2D eigenvalue weighted by Gasteiger charge is -2.54. The zero-order chi connectivity index (χ0) is 15.5. The molecule has 2 aliphatic rings. The third-order valence-electron chi connectivity index (χ3n) is 5.07. The summed E-state index contributed by atoms with van der Waals surface area (Å²) in [5.74, 6) is 0.743. The van der Waals surface area contributed by atoms with E-state index < -0.39 is 0 Å². The highest BCUT2D eigenvalue weighted by Crippen LogP contribution is 2.53. The van der Waals surface area contributed by atoms with Gasteiger partial charge in [0, 0.05) is 30.0 Å². The van der Waals surface area contributed by atoms with E-state index in [1.165, 1.54) is 4.40 Å². The standard InChI is InChI=1S/C15H18N4O3/c1-15(2)11(9-6-8-22-12(9)15)17-13-14(19(20)21)18-7-4-3-5-10(18)16-13/h3-5,7,9,11-12,17H,6,8H2,1-2H3/t9-,11+,12+/m0/s1. The minimum absolute atomic E-state index is 0.00577. The zero-order valence-electron chi connectivity index (χ0n) is 12.5. The van der Waals surface area contributed by atoms with Crippen LogP contribution in [-0.2, 0) is 4.74 Å². The molecule has 0 aromatic carbocycles. The topological polar surface area (TPSA) is 81.7 Å². The van der Waals surface area contributed by atoms with Crippen molar-refractivity contribution in [2.24, 2.45) is 11.3 Å². The molecular weight excluding hydrogens is 284 g/mol. The van der Waals surface area contributed by atoms with Gasteiger partial charge in [0.15, 0.2) is 0 Å². The number of anilines is 1. The molecule has 3 atom stereocenters. The van der Waals surface area contributed by atoms with Crippen molar-refractivity contribution >= 4 is 17.3 Å². The highest BCUT2D eigenvalue weighted by molar-refractivity contribution is 5.63. The Morgan fingerprint density at radius 2 is 2.32 bits per heavy atom. The number of imidazole rings is 1. The van der Waals surface area contributed by atoms with E-state index in [4.69, 9.17) is 4.74 Å². The van der Waals surface area contributed by atoms with Crippen LogP contribution in [-0.4, -0.2) is 33.1 Å². The molecule has 0 amide bonds. The number of ether oxygens (including phenoxy) is 1. The average molecular weight is 302 g/mol. The molecule has 0 radical (unpaired) electrons. The maximum absolute atomic E-state index is 11.5. The first kappa shape index (κ1) is 13.5. The zero-order valence-corrected chi connectivity index (χ0v) is 12.5. The predicted molar refractivity (Wildman–Crippen MR) is 80.9 cm³/mol. The molecule has 22 heavy (non-hydrogen) atoms. The molecule has 7 nitrogen and oxygen atoms in total. The SMILES string of the molecule is CC1(C)[C@H](Nc2nc3ccccn3c2[N+](=O)[O-])[C@@H]2CCO[C@H]21. The lowest BCUT2D eigenvalue weighted by atomic mass is 9.57. The summed E-state index contributed by atoms with van der Waals surface area (Å²) in [5, 5.41) is 14.8. The van der Waals surface area contributed by atoms with Crippen LogP contribution in [0.3, 0.4) is 0 Å². The van der Waals surface area contributed by atoms with E-state index in [1.54, 1.807) is 18.3 Å². The fourth-order valence-electron chi connectivity index (χ4n) is 4.02. The van der Waals surface area contributed by atoms with Crippen molar-refractivity contribution in [3.05, 3.63) is 34.5 Å². The Morgan fingerprint density at radius 1 is 1.50 bits per heavy atom. The van der Waals surface area contributed by atoms with E-state index >= 15 is 0 Å². The molecule has 2 aromatic rings. The van der Waals surface area contributed by atoms with Gasteiger partial charge >= 0.3 is 5.82 Å². The molecule has 1 N–H and O–H groups in total. The summed E-state index contributed by atoms with van der Waals surface area (Å²) < 4.78 is 7.28. The van der Waals surface area contributed by atoms with Crippen LogP contribution in [0.25, 0.3) is 5.65 Å². The second-order valence-corrected chi connectivity index (χ2v) is 6.66. The van der Waals surface area contributed by atoms with Crippen molar-refractivity contribution in [2.45, 2.75) is 32.4 Å². The second kappa shape index (κ2) is 4.42. The van der Waals surface area contributed by atoms with Gasteiger partial charge in [0.1, 0.15) is 0 Å². The van der Waals surface area contributed by atoms with Gasteiger partial charge in [-0.2, -0.15) is 9.38 Å². The molecule has 2 aromatic heterocycles. The molecule has 4 rings (SSSR count). The minimum atomic E-state index is -0.378. The first-order chi connectivity index (χ1) is 10.5. The first-order valence-electron chi connectivity index (χ1n) is 7.50. The number of rotatable bonds is 3. The van der Waals surface area contributed by atoms with Crippen LogP contribution in [0.2, 0.25) is 0 Å². The molecule has 1 saturated heterocycles. The Morgan fingerprint density at radius 3 is 3.09 bits per heavy atom. The van der Waals surface area contributed by atoms with Gasteiger partial charge in [0.2, 0.25) is 11.5 Å². The lowest BCUT2D eigenvalue weighted by Crippen LogP contribution is -2.63. The van der Waals surface area contributed by atoms with Crippen LogP contribution < -0.4 is 5.32 Å². The summed E-state index contributed by atoms with van der Waals surface area (Å²) in [7, 11) is 0.